The lowest BCUT2D eigenvalue weighted by molar-refractivity contribution is 0.571. The molecule has 0 saturated heterocycles. The highest BCUT2D eigenvalue weighted by Crippen LogP contribution is 2.33. The molecule has 0 saturated carbocycles. The maximum absolute atomic E-state index is 6.23. The third-order valence-corrected chi connectivity index (χ3v) is 4.33. The molecule has 1 nitrogen and oxygen atoms in total. The third-order valence-electron chi connectivity index (χ3n) is 3.92. The highest BCUT2D eigenvalue weighted by atomic mass is 35.5. The zero-order valence-corrected chi connectivity index (χ0v) is 14.1. The lowest BCUT2D eigenvalue weighted by Gasteiger charge is -2.19. The van der Waals surface area contributed by atoms with Crippen molar-refractivity contribution in [3.63, 3.8) is 0 Å². The number of aryl methyl sites for hydroxylation is 2. The van der Waals surface area contributed by atoms with E-state index < -0.39 is 0 Å². The molecular weight excluding hydrogens is 278 g/mol. The molecule has 2 aromatic rings. The van der Waals surface area contributed by atoms with Crippen molar-refractivity contribution in [2.45, 2.75) is 40.2 Å². The van der Waals surface area contributed by atoms with Gasteiger partial charge in [-0.05, 0) is 73.7 Å². The number of benzene rings is 2. The lowest BCUT2D eigenvalue weighted by Crippen LogP contribution is -2.19. The van der Waals surface area contributed by atoms with E-state index in [1.165, 1.54) is 22.3 Å². The Morgan fingerprint density at radius 3 is 2.48 bits per heavy atom. The van der Waals surface area contributed by atoms with Gasteiger partial charge in [0.25, 0.3) is 0 Å². The first-order chi connectivity index (χ1) is 10.0. The van der Waals surface area contributed by atoms with E-state index in [2.05, 4.69) is 69.4 Å². The van der Waals surface area contributed by atoms with Crippen LogP contribution in [0.1, 0.15) is 43.0 Å². The molecule has 0 aromatic heterocycles. The average Bonchev–Trinajstić information content (AvgIpc) is 2.48. The summed E-state index contributed by atoms with van der Waals surface area (Å²) in [5.74, 6) is 0. The van der Waals surface area contributed by atoms with Crippen LogP contribution >= 0.6 is 11.6 Å². The summed E-state index contributed by atoms with van der Waals surface area (Å²) in [7, 11) is 0. The van der Waals surface area contributed by atoms with Gasteiger partial charge in [0.1, 0.15) is 0 Å². The van der Waals surface area contributed by atoms with E-state index in [1.807, 2.05) is 0 Å². The summed E-state index contributed by atoms with van der Waals surface area (Å²) >= 11 is 6.23. The van der Waals surface area contributed by atoms with Gasteiger partial charge in [0.15, 0.2) is 0 Å². The maximum Gasteiger partial charge on any atom is 0.0438 e. The standard InChI is InChI=1S/C19H24ClN/c1-5-10-21-15(4)16-8-6-7-9-17(16)18-11-14(3)19(20)12-13(18)2/h6-9,11-12,15,21H,5,10H2,1-4H3. The Labute approximate surface area is 133 Å². The van der Waals surface area contributed by atoms with Gasteiger partial charge in [-0.15, -0.1) is 0 Å². The van der Waals surface area contributed by atoms with Crippen molar-refractivity contribution in [1.29, 1.82) is 0 Å². The maximum atomic E-state index is 6.23. The molecule has 21 heavy (non-hydrogen) atoms. The predicted octanol–water partition coefficient (Wildman–Crippen LogP) is 5.68. The van der Waals surface area contributed by atoms with Gasteiger partial charge in [-0.2, -0.15) is 0 Å². The Bertz CT molecular complexity index is 619. The molecule has 0 aliphatic rings. The van der Waals surface area contributed by atoms with Crippen molar-refractivity contribution in [2.75, 3.05) is 6.54 Å². The molecule has 0 spiro atoms. The summed E-state index contributed by atoms with van der Waals surface area (Å²) in [5, 5.41) is 4.42. The zero-order valence-electron chi connectivity index (χ0n) is 13.3. The van der Waals surface area contributed by atoms with Crippen molar-refractivity contribution in [2.24, 2.45) is 0 Å². The molecule has 1 unspecified atom stereocenters. The van der Waals surface area contributed by atoms with Crippen molar-refractivity contribution in [1.82, 2.24) is 5.32 Å². The Kier molecular flexibility index (Phi) is 5.44. The van der Waals surface area contributed by atoms with E-state index >= 15 is 0 Å². The number of rotatable bonds is 5. The van der Waals surface area contributed by atoms with Crippen molar-refractivity contribution in [3.05, 3.63) is 58.1 Å². The lowest BCUT2D eigenvalue weighted by atomic mass is 9.92. The van der Waals surface area contributed by atoms with Gasteiger partial charge in [-0.25, -0.2) is 0 Å². The number of hydrogen-bond donors (Lipinski definition) is 1. The average molecular weight is 302 g/mol. The Morgan fingerprint density at radius 1 is 1.05 bits per heavy atom. The van der Waals surface area contributed by atoms with E-state index in [4.69, 9.17) is 11.6 Å². The normalized spacial score (nSPS) is 12.4. The molecule has 0 amide bonds. The Balaban J connectivity index is 2.47. The van der Waals surface area contributed by atoms with E-state index in [0.29, 0.717) is 6.04 Å². The van der Waals surface area contributed by atoms with Gasteiger partial charge in [-0.1, -0.05) is 42.8 Å². The predicted molar refractivity (Wildman–Crippen MR) is 93.1 cm³/mol. The van der Waals surface area contributed by atoms with Crippen LogP contribution in [-0.2, 0) is 0 Å². The van der Waals surface area contributed by atoms with Crippen LogP contribution in [0.15, 0.2) is 36.4 Å². The Hall–Kier alpha value is -1.31. The fraction of sp³-hybridized carbons (Fsp3) is 0.368. The van der Waals surface area contributed by atoms with E-state index in [-0.39, 0.29) is 0 Å². The highest BCUT2D eigenvalue weighted by Gasteiger charge is 2.13. The number of halogens is 1. The molecule has 0 radical (unpaired) electrons. The Morgan fingerprint density at radius 2 is 1.76 bits per heavy atom. The molecule has 112 valence electrons. The van der Waals surface area contributed by atoms with Gasteiger partial charge in [0, 0.05) is 11.1 Å². The van der Waals surface area contributed by atoms with Crippen LogP contribution in [0.2, 0.25) is 5.02 Å². The van der Waals surface area contributed by atoms with Crippen molar-refractivity contribution < 1.29 is 0 Å². The second-order valence-electron chi connectivity index (χ2n) is 5.68. The number of nitrogens with one attached hydrogen (secondary N) is 1. The molecule has 0 heterocycles. The van der Waals surface area contributed by atoms with Crippen LogP contribution in [0, 0.1) is 13.8 Å². The second-order valence-corrected chi connectivity index (χ2v) is 6.09. The summed E-state index contributed by atoms with van der Waals surface area (Å²) < 4.78 is 0. The minimum atomic E-state index is 0.344. The van der Waals surface area contributed by atoms with Crippen LogP contribution in [0.25, 0.3) is 11.1 Å². The first kappa shape index (κ1) is 16.1. The summed E-state index contributed by atoms with van der Waals surface area (Å²) in [6.07, 6.45) is 1.14. The molecule has 0 aliphatic heterocycles. The molecule has 0 fully saturated rings. The third kappa shape index (κ3) is 3.66. The molecular formula is C19H24ClN. The van der Waals surface area contributed by atoms with E-state index in [0.717, 1.165) is 23.6 Å². The SMILES string of the molecule is CCCNC(C)c1ccccc1-c1cc(C)c(Cl)cc1C. The molecule has 1 N–H and O–H groups in total. The largest absolute Gasteiger partial charge is 0.310 e. The van der Waals surface area contributed by atoms with Crippen molar-refractivity contribution >= 4 is 11.6 Å². The van der Waals surface area contributed by atoms with Crippen LogP contribution in [-0.4, -0.2) is 6.54 Å². The van der Waals surface area contributed by atoms with Crippen molar-refractivity contribution in [3.8, 4) is 11.1 Å². The second kappa shape index (κ2) is 7.11. The first-order valence-corrected chi connectivity index (χ1v) is 8.01. The van der Waals surface area contributed by atoms with Crippen LogP contribution in [0.4, 0.5) is 0 Å². The van der Waals surface area contributed by atoms with Crippen LogP contribution in [0.3, 0.4) is 0 Å². The highest BCUT2D eigenvalue weighted by molar-refractivity contribution is 6.31. The minimum Gasteiger partial charge on any atom is -0.310 e. The monoisotopic (exact) mass is 301 g/mol. The quantitative estimate of drug-likeness (QED) is 0.748. The number of hydrogen-bond acceptors (Lipinski definition) is 1. The molecule has 1 atom stereocenters. The van der Waals surface area contributed by atoms with Crippen LogP contribution in [0.5, 0.6) is 0 Å². The summed E-state index contributed by atoms with van der Waals surface area (Å²) in [4.78, 5) is 0. The summed E-state index contributed by atoms with van der Waals surface area (Å²) in [5.41, 5.74) is 6.27. The van der Waals surface area contributed by atoms with Gasteiger partial charge >= 0.3 is 0 Å². The molecule has 0 bridgehead atoms. The van der Waals surface area contributed by atoms with Crippen LogP contribution < -0.4 is 5.32 Å². The van der Waals surface area contributed by atoms with E-state index in [9.17, 15) is 0 Å². The fourth-order valence-electron chi connectivity index (χ4n) is 2.66. The molecule has 0 aliphatic carbocycles. The molecule has 2 aromatic carbocycles. The van der Waals surface area contributed by atoms with Gasteiger partial charge in [0.05, 0.1) is 0 Å². The van der Waals surface area contributed by atoms with Gasteiger partial charge in [0.2, 0.25) is 0 Å². The zero-order chi connectivity index (χ0) is 15.4. The minimum absolute atomic E-state index is 0.344. The topological polar surface area (TPSA) is 12.0 Å². The molecule has 2 heteroatoms. The first-order valence-electron chi connectivity index (χ1n) is 7.64. The van der Waals surface area contributed by atoms with E-state index in [1.54, 1.807) is 0 Å². The van der Waals surface area contributed by atoms with Gasteiger partial charge < -0.3 is 5.32 Å². The summed E-state index contributed by atoms with van der Waals surface area (Å²) in [6, 6.07) is 13.2. The fourth-order valence-corrected chi connectivity index (χ4v) is 2.88. The molecule has 2 rings (SSSR count). The smallest absolute Gasteiger partial charge is 0.0438 e. The van der Waals surface area contributed by atoms with Gasteiger partial charge in [-0.3, -0.25) is 0 Å². The summed E-state index contributed by atoms with van der Waals surface area (Å²) in [6.45, 7) is 9.65.